The Bertz CT molecular complexity index is 723. The zero-order chi connectivity index (χ0) is 15.9. The zero-order valence-electron chi connectivity index (χ0n) is 12.9. The summed E-state index contributed by atoms with van der Waals surface area (Å²) in [5.74, 6) is 0.609. The molecule has 0 radical (unpaired) electrons. The van der Waals surface area contributed by atoms with E-state index in [2.05, 4.69) is 14.5 Å². The molecular weight excluding hydrogens is 295 g/mol. The topological polar surface area (TPSA) is 51.0 Å². The first-order chi connectivity index (χ1) is 11.2. The van der Waals surface area contributed by atoms with E-state index in [1.54, 1.807) is 11.1 Å². The van der Waals surface area contributed by atoms with Crippen molar-refractivity contribution in [2.24, 2.45) is 0 Å². The molecule has 2 aliphatic rings. The number of amides is 1. The van der Waals surface area contributed by atoms with Crippen LogP contribution in [0.4, 0.5) is 4.39 Å². The Morgan fingerprint density at radius 1 is 1.22 bits per heavy atom. The molecule has 23 heavy (non-hydrogen) atoms. The van der Waals surface area contributed by atoms with Crippen LogP contribution in [0.3, 0.4) is 0 Å². The molecule has 2 aromatic heterocycles. The number of hydrogen-bond acceptors (Lipinski definition) is 3. The summed E-state index contributed by atoms with van der Waals surface area (Å²) in [5, 5.41) is 0. The Balaban J connectivity index is 1.56. The molecule has 3 heterocycles. The van der Waals surface area contributed by atoms with E-state index in [1.807, 2.05) is 24.5 Å². The van der Waals surface area contributed by atoms with E-state index in [4.69, 9.17) is 0 Å². The van der Waals surface area contributed by atoms with Crippen molar-refractivity contribution < 1.29 is 9.18 Å². The first-order valence-electron chi connectivity index (χ1n) is 8.10. The molecule has 120 valence electrons. The number of pyridine rings is 1. The van der Waals surface area contributed by atoms with Crippen LogP contribution in [0, 0.1) is 0 Å². The molecule has 0 spiro atoms. The molecule has 0 bridgehead atoms. The van der Waals surface area contributed by atoms with Gasteiger partial charge in [-0.05, 0) is 31.4 Å². The normalized spacial score (nSPS) is 19.6. The van der Waals surface area contributed by atoms with Crippen LogP contribution >= 0.6 is 0 Å². The summed E-state index contributed by atoms with van der Waals surface area (Å²) in [5.41, 5.74) is 0.395. The number of carbonyl (C=O) groups excluding carboxylic acids is 1. The van der Waals surface area contributed by atoms with Gasteiger partial charge in [0.25, 0.3) is 5.91 Å². The minimum atomic E-state index is -1.61. The summed E-state index contributed by atoms with van der Waals surface area (Å²) in [7, 11) is 0. The van der Waals surface area contributed by atoms with Crippen molar-refractivity contribution in [3.05, 3.63) is 36.5 Å². The molecule has 1 aliphatic heterocycles. The highest BCUT2D eigenvalue weighted by Gasteiger charge is 2.47. The third kappa shape index (κ3) is 2.42. The van der Waals surface area contributed by atoms with E-state index in [9.17, 15) is 9.18 Å². The number of aromatic nitrogens is 3. The number of alkyl halides is 1. The second-order valence-corrected chi connectivity index (χ2v) is 6.31. The molecule has 4 rings (SSSR count). The minimum absolute atomic E-state index is 0.336. The largest absolute Gasteiger partial charge is 0.338 e. The highest BCUT2D eigenvalue weighted by molar-refractivity contribution is 5.86. The maximum absolute atomic E-state index is 14.4. The summed E-state index contributed by atoms with van der Waals surface area (Å²) in [6.45, 7) is 1.70. The van der Waals surface area contributed by atoms with Crippen LogP contribution in [0.25, 0.3) is 11.3 Å². The Labute approximate surface area is 134 Å². The SMILES string of the molecule is O=C(N1CCc2ncc(-c3cccnc3)n2CC1)C1(F)CCC1. The van der Waals surface area contributed by atoms with E-state index in [0.29, 0.717) is 38.9 Å². The van der Waals surface area contributed by atoms with E-state index in [1.165, 1.54) is 0 Å². The predicted octanol–water partition coefficient (Wildman–Crippen LogP) is 2.22. The highest BCUT2D eigenvalue weighted by Crippen LogP contribution is 2.37. The van der Waals surface area contributed by atoms with E-state index < -0.39 is 5.67 Å². The fraction of sp³-hybridized carbons (Fsp3) is 0.471. The molecule has 0 N–H and O–H groups in total. The van der Waals surface area contributed by atoms with Gasteiger partial charge in [0.1, 0.15) is 5.82 Å². The molecule has 1 saturated carbocycles. The molecule has 1 amide bonds. The lowest BCUT2D eigenvalue weighted by Crippen LogP contribution is -2.51. The number of carbonyl (C=O) groups is 1. The molecule has 0 atom stereocenters. The van der Waals surface area contributed by atoms with Crippen molar-refractivity contribution in [2.75, 3.05) is 13.1 Å². The zero-order valence-corrected chi connectivity index (χ0v) is 12.9. The van der Waals surface area contributed by atoms with Gasteiger partial charge in [0, 0.05) is 44.0 Å². The molecule has 0 saturated heterocycles. The number of nitrogens with zero attached hydrogens (tertiary/aromatic N) is 4. The second kappa shape index (κ2) is 5.44. The fourth-order valence-corrected chi connectivity index (χ4v) is 3.36. The van der Waals surface area contributed by atoms with Gasteiger partial charge in [-0.25, -0.2) is 9.37 Å². The maximum Gasteiger partial charge on any atom is 0.260 e. The molecule has 1 aliphatic carbocycles. The van der Waals surface area contributed by atoms with Crippen molar-refractivity contribution in [1.82, 2.24) is 19.4 Å². The van der Waals surface area contributed by atoms with Crippen LogP contribution in [0.15, 0.2) is 30.7 Å². The second-order valence-electron chi connectivity index (χ2n) is 6.31. The predicted molar refractivity (Wildman–Crippen MR) is 83.4 cm³/mol. The summed E-state index contributed by atoms with van der Waals surface area (Å²) in [6.07, 6.45) is 7.60. The van der Waals surface area contributed by atoms with Crippen LogP contribution in [0.1, 0.15) is 25.1 Å². The summed E-state index contributed by atoms with van der Waals surface area (Å²) in [6, 6.07) is 3.89. The van der Waals surface area contributed by atoms with Crippen molar-refractivity contribution in [1.29, 1.82) is 0 Å². The molecule has 6 heteroatoms. The molecule has 2 aromatic rings. The monoisotopic (exact) mass is 314 g/mol. The van der Waals surface area contributed by atoms with Gasteiger partial charge >= 0.3 is 0 Å². The number of imidazole rings is 1. The maximum atomic E-state index is 14.4. The lowest BCUT2D eigenvalue weighted by Gasteiger charge is -2.36. The summed E-state index contributed by atoms with van der Waals surface area (Å²) in [4.78, 5) is 22.7. The van der Waals surface area contributed by atoms with Crippen LogP contribution < -0.4 is 0 Å². The van der Waals surface area contributed by atoms with Gasteiger partial charge in [-0.3, -0.25) is 9.78 Å². The Morgan fingerprint density at radius 3 is 2.78 bits per heavy atom. The fourth-order valence-electron chi connectivity index (χ4n) is 3.36. The van der Waals surface area contributed by atoms with Gasteiger partial charge in [-0.15, -0.1) is 0 Å². The number of hydrogen-bond donors (Lipinski definition) is 0. The van der Waals surface area contributed by atoms with Crippen molar-refractivity contribution in [2.45, 2.75) is 37.9 Å². The standard InChI is InChI=1S/C17H19FN4O/c18-17(5-2-6-17)16(23)21-8-4-15-20-12-14(22(15)10-9-21)13-3-1-7-19-11-13/h1,3,7,11-12H,2,4-6,8-10H2. The van der Waals surface area contributed by atoms with Crippen LogP contribution in [-0.2, 0) is 17.8 Å². The van der Waals surface area contributed by atoms with E-state index >= 15 is 0 Å². The minimum Gasteiger partial charge on any atom is -0.338 e. The van der Waals surface area contributed by atoms with E-state index in [-0.39, 0.29) is 5.91 Å². The molecule has 0 unspecified atom stereocenters. The number of fused-ring (bicyclic) bond motifs is 1. The van der Waals surface area contributed by atoms with Gasteiger partial charge in [0.05, 0.1) is 11.9 Å². The lowest BCUT2D eigenvalue weighted by atomic mass is 9.81. The van der Waals surface area contributed by atoms with Gasteiger partial charge < -0.3 is 9.47 Å². The van der Waals surface area contributed by atoms with Crippen LogP contribution in [0.2, 0.25) is 0 Å². The average molecular weight is 314 g/mol. The number of halogens is 1. The average Bonchev–Trinajstić information content (AvgIpc) is 2.84. The molecular formula is C17H19FN4O. The lowest BCUT2D eigenvalue weighted by molar-refractivity contribution is -0.149. The number of rotatable bonds is 2. The van der Waals surface area contributed by atoms with Crippen LogP contribution in [0.5, 0.6) is 0 Å². The smallest absolute Gasteiger partial charge is 0.260 e. The van der Waals surface area contributed by atoms with Crippen molar-refractivity contribution in [3.8, 4) is 11.3 Å². The Hall–Kier alpha value is -2.24. The molecule has 1 fully saturated rings. The summed E-state index contributed by atoms with van der Waals surface area (Å²) >= 11 is 0. The van der Waals surface area contributed by atoms with Gasteiger partial charge in [0.2, 0.25) is 0 Å². The summed E-state index contributed by atoms with van der Waals surface area (Å²) < 4.78 is 16.5. The van der Waals surface area contributed by atoms with E-state index in [0.717, 1.165) is 23.5 Å². The van der Waals surface area contributed by atoms with Crippen molar-refractivity contribution in [3.63, 3.8) is 0 Å². The van der Waals surface area contributed by atoms with Gasteiger partial charge in [-0.2, -0.15) is 0 Å². The Morgan fingerprint density at radius 2 is 2.09 bits per heavy atom. The third-order valence-electron chi connectivity index (χ3n) is 4.91. The quantitative estimate of drug-likeness (QED) is 0.854. The van der Waals surface area contributed by atoms with Gasteiger partial charge in [-0.1, -0.05) is 0 Å². The molecule has 0 aromatic carbocycles. The highest BCUT2D eigenvalue weighted by atomic mass is 19.1. The Kier molecular flexibility index (Phi) is 3.39. The first kappa shape index (κ1) is 14.4. The van der Waals surface area contributed by atoms with Gasteiger partial charge in [0.15, 0.2) is 5.67 Å². The van der Waals surface area contributed by atoms with Crippen LogP contribution in [-0.4, -0.2) is 44.1 Å². The van der Waals surface area contributed by atoms with Crippen molar-refractivity contribution >= 4 is 5.91 Å². The molecule has 5 nitrogen and oxygen atoms in total. The third-order valence-corrected chi connectivity index (χ3v) is 4.91. The first-order valence-corrected chi connectivity index (χ1v) is 8.10.